The maximum Gasteiger partial charge on any atom is 0.124 e. The second-order valence-electron chi connectivity index (χ2n) is 4.38. The van der Waals surface area contributed by atoms with Crippen LogP contribution in [0, 0.1) is 0 Å². The third-order valence-corrected chi connectivity index (χ3v) is 3.20. The van der Waals surface area contributed by atoms with Crippen molar-refractivity contribution < 1.29 is 9.47 Å². The zero-order valence-electron chi connectivity index (χ0n) is 12.1. The highest BCUT2D eigenvalue weighted by Crippen LogP contribution is 2.32. The number of benzene rings is 1. The summed E-state index contributed by atoms with van der Waals surface area (Å²) in [6.45, 7) is 2.94. The first-order chi connectivity index (χ1) is 9.80. The summed E-state index contributed by atoms with van der Waals surface area (Å²) in [6, 6.07) is 9.90. The third kappa shape index (κ3) is 3.08. The molecule has 0 saturated heterocycles. The number of nitrogens with zero attached hydrogens (tertiary/aromatic N) is 1. The van der Waals surface area contributed by atoms with Crippen LogP contribution in [0.3, 0.4) is 0 Å². The average Bonchev–Trinajstić information content (AvgIpc) is 2.53. The molecule has 0 aliphatic rings. The van der Waals surface area contributed by atoms with Gasteiger partial charge in [0.2, 0.25) is 0 Å². The summed E-state index contributed by atoms with van der Waals surface area (Å²) in [4.78, 5) is 4.07. The first kappa shape index (κ1) is 14.3. The van der Waals surface area contributed by atoms with Gasteiger partial charge in [-0.1, -0.05) is 6.92 Å². The van der Waals surface area contributed by atoms with E-state index in [1.807, 2.05) is 30.3 Å². The summed E-state index contributed by atoms with van der Waals surface area (Å²) in [7, 11) is 3.35. The second-order valence-corrected chi connectivity index (χ2v) is 4.38. The van der Waals surface area contributed by atoms with Gasteiger partial charge in [-0.25, -0.2) is 0 Å². The maximum atomic E-state index is 5.48. The lowest BCUT2D eigenvalue weighted by molar-refractivity contribution is 0.394. The lowest BCUT2D eigenvalue weighted by Crippen LogP contribution is -2.22. The molecule has 4 heteroatoms. The molecule has 0 amide bonds. The van der Waals surface area contributed by atoms with Gasteiger partial charge in [0.15, 0.2) is 0 Å². The van der Waals surface area contributed by atoms with Crippen LogP contribution in [-0.2, 0) is 0 Å². The van der Waals surface area contributed by atoms with Crippen molar-refractivity contribution in [2.24, 2.45) is 0 Å². The Hall–Kier alpha value is -2.07. The van der Waals surface area contributed by atoms with Crippen LogP contribution >= 0.6 is 0 Å². The molecule has 2 rings (SSSR count). The van der Waals surface area contributed by atoms with Crippen molar-refractivity contribution in [3.63, 3.8) is 0 Å². The van der Waals surface area contributed by atoms with Crippen LogP contribution in [0.25, 0.3) is 0 Å². The maximum absolute atomic E-state index is 5.48. The predicted molar refractivity (Wildman–Crippen MR) is 79.3 cm³/mol. The summed E-state index contributed by atoms with van der Waals surface area (Å²) in [5, 5.41) is 3.48. The van der Waals surface area contributed by atoms with Crippen molar-refractivity contribution >= 4 is 0 Å². The first-order valence-corrected chi connectivity index (χ1v) is 6.65. The van der Waals surface area contributed by atoms with E-state index >= 15 is 0 Å². The Labute approximate surface area is 119 Å². The monoisotopic (exact) mass is 272 g/mol. The van der Waals surface area contributed by atoms with Crippen LogP contribution in [0.4, 0.5) is 0 Å². The van der Waals surface area contributed by atoms with Gasteiger partial charge in [-0.3, -0.25) is 4.98 Å². The molecule has 0 fully saturated rings. The fourth-order valence-corrected chi connectivity index (χ4v) is 2.23. The molecular weight excluding hydrogens is 252 g/mol. The predicted octanol–water partition coefficient (Wildman–Crippen LogP) is 2.80. The largest absolute Gasteiger partial charge is 0.497 e. The molecule has 1 aromatic carbocycles. The number of hydrogen-bond acceptors (Lipinski definition) is 4. The summed E-state index contributed by atoms with van der Waals surface area (Å²) in [5.74, 6) is 1.66. The molecule has 1 aromatic heterocycles. The van der Waals surface area contributed by atoms with Crippen LogP contribution in [0.15, 0.2) is 42.7 Å². The van der Waals surface area contributed by atoms with E-state index in [1.165, 1.54) is 0 Å². The number of nitrogens with one attached hydrogen (secondary N) is 1. The number of methoxy groups -OCH3 is 2. The molecule has 0 aliphatic heterocycles. The minimum Gasteiger partial charge on any atom is -0.497 e. The van der Waals surface area contributed by atoms with Crippen molar-refractivity contribution in [1.29, 1.82) is 0 Å². The van der Waals surface area contributed by atoms with Crippen molar-refractivity contribution in [2.75, 3.05) is 20.8 Å². The highest BCUT2D eigenvalue weighted by Gasteiger charge is 2.18. The van der Waals surface area contributed by atoms with Crippen molar-refractivity contribution in [2.45, 2.75) is 13.0 Å². The molecule has 4 nitrogen and oxygen atoms in total. The molecule has 20 heavy (non-hydrogen) atoms. The van der Waals surface area contributed by atoms with Crippen LogP contribution in [0.2, 0.25) is 0 Å². The molecule has 0 saturated carbocycles. The van der Waals surface area contributed by atoms with E-state index in [0.29, 0.717) is 0 Å². The SMILES string of the molecule is CCNC(c1ccncc1)c1cc(OC)ccc1OC. The summed E-state index contributed by atoms with van der Waals surface area (Å²) < 4.78 is 10.8. The molecule has 0 bridgehead atoms. The molecule has 0 aliphatic carbocycles. The second kappa shape index (κ2) is 6.91. The highest BCUT2D eigenvalue weighted by molar-refractivity contribution is 5.45. The van der Waals surface area contributed by atoms with E-state index < -0.39 is 0 Å². The Morgan fingerprint density at radius 1 is 1.10 bits per heavy atom. The third-order valence-electron chi connectivity index (χ3n) is 3.20. The van der Waals surface area contributed by atoms with Gasteiger partial charge in [-0.05, 0) is 42.4 Å². The smallest absolute Gasteiger partial charge is 0.124 e. The summed E-state index contributed by atoms with van der Waals surface area (Å²) in [6.07, 6.45) is 3.60. The Balaban J connectivity index is 2.48. The average molecular weight is 272 g/mol. The molecular formula is C16H20N2O2. The minimum absolute atomic E-state index is 0.0491. The Kier molecular flexibility index (Phi) is 4.96. The number of aromatic nitrogens is 1. The summed E-state index contributed by atoms with van der Waals surface area (Å²) >= 11 is 0. The summed E-state index contributed by atoms with van der Waals surface area (Å²) in [5.41, 5.74) is 2.20. The van der Waals surface area contributed by atoms with Gasteiger partial charge >= 0.3 is 0 Å². The molecule has 0 radical (unpaired) electrons. The van der Waals surface area contributed by atoms with Crippen LogP contribution in [0.1, 0.15) is 24.1 Å². The van der Waals surface area contributed by atoms with Gasteiger partial charge in [0.1, 0.15) is 11.5 Å². The zero-order chi connectivity index (χ0) is 14.4. The Morgan fingerprint density at radius 2 is 1.85 bits per heavy atom. The first-order valence-electron chi connectivity index (χ1n) is 6.65. The van der Waals surface area contributed by atoms with E-state index in [4.69, 9.17) is 9.47 Å². The molecule has 0 spiro atoms. The van der Waals surface area contributed by atoms with Crippen molar-refractivity contribution in [3.8, 4) is 11.5 Å². The van der Waals surface area contributed by atoms with Gasteiger partial charge in [-0.15, -0.1) is 0 Å². The molecule has 1 unspecified atom stereocenters. The minimum atomic E-state index is 0.0491. The number of hydrogen-bond donors (Lipinski definition) is 1. The molecule has 1 atom stereocenters. The van der Waals surface area contributed by atoms with Crippen LogP contribution in [0.5, 0.6) is 11.5 Å². The molecule has 2 aromatic rings. The van der Waals surface area contributed by atoms with E-state index in [-0.39, 0.29) is 6.04 Å². The van der Waals surface area contributed by atoms with Gasteiger partial charge < -0.3 is 14.8 Å². The van der Waals surface area contributed by atoms with Crippen molar-refractivity contribution in [3.05, 3.63) is 53.9 Å². The standard InChI is InChI=1S/C16H20N2O2/c1-4-18-16(12-7-9-17-10-8-12)14-11-13(19-2)5-6-15(14)20-3/h5-11,16,18H,4H2,1-3H3. The fourth-order valence-electron chi connectivity index (χ4n) is 2.23. The van der Waals surface area contributed by atoms with E-state index in [1.54, 1.807) is 26.6 Å². The topological polar surface area (TPSA) is 43.4 Å². The highest BCUT2D eigenvalue weighted by atomic mass is 16.5. The van der Waals surface area contributed by atoms with Gasteiger partial charge in [0.05, 0.1) is 20.3 Å². The molecule has 106 valence electrons. The van der Waals surface area contributed by atoms with E-state index in [0.717, 1.165) is 29.2 Å². The lowest BCUT2D eigenvalue weighted by Gasteiger charge is -2.21. The van der Waals surface area contributed by atoms with Crippen LogP contribution in [-0.4, -0.2) is 25.7 Å². The molecule has 1 heterocycles. The fraction of sp³-hybridized carbons (Fsp3) is 0.312. The number of ether oxygens (including phenoxy) is 2. The number of pyridine rings is 1. The Morgan fingerprint density at radius 3 is 2.45 bits per heavy atom. The zero-order valence-corrected chi connectivity index (χ0v) is 12.1. The molecule has 1 N–H and O–H groups in total. The van der Waals surface area contributed by atoms with E-state index in [9.17, 15) is 0 Å². The van der Waals surface area contributed by atoms with E-state index in [2.05, 4.69) is 17.2 Å². The van der Waals surface area contributed by atoms with Crippen LogP contribution < -0.4 is 14.8 Å². The Bertz CT molecular complexity index is 543. The normalized spacial score (nSPS) is 11.9. The lowest BCUT2D eigenvalue weighted by atomic mass is 9.98. The van der Waals surface area contributed by atoms with Gasteiger partial charge in [0, 0.05) is 18.0 Å². The van der Waals surface area contributed by atoms with Gasteiger partial charge in [0.25, 0.3) is 0 Å². The van der Waals surface area contributed by atoms with Crippen molar-refractivity contribution in [1.82, 2.24) is 10.3 Å². The van der Waals surface area contributed by atoms with Gasteiger partial charge in [-0.2, -0.15) is 0 Å². The quantitative estimate of drug-likeness (QED) is 0.878. The number of rotatable bonds is 6.